The Bertz CT molecular complexity index is 4710. The molecule has 0 radical (unpaired) electrons. The van der Waals surface area contributed by atoms with Gasteiger partial charge in [0.05, 0.1) is 86.6 Å². The van der Waals surface area contributed by atoms with E-state index in [9.17, 15) is 14.4 Å². The Morgan fingerprint density at radius 1 is 0.452 bits per heavy atom. The summed E-state index contributed by atoms with van der Waals surface area (Å²) in [6.45, 7) is 9.03. The second kappa shape index (κ2) is 25.9. The maximum absolute atomic E-state index is 13.9. The van der Waals surface area contributed by atoms with E-state index in [1.54, 1.807) is 37.1 Å². The third kappa shape index (κ3) is 12.3. The molecule has 0 spiro atoms. The van der Waals surface area contributed by atoms with Crippen molar-refractivity contribution in [3.05, 3.63) is 206 Å². The fourth-order valence-corrected chi connectivity index (χ4v) is 12.2. The number of H-pyrrole nitrogens is 1. The molecule has 9 aromatic heterocycles. The quantitative estimate of drug-likeness (QED) is 0.0664. The van der Waals surface area contributed by atoms with Crippen LogP contribution in [0.1, 0.15) is 42.7 Å². The van der Waals surface area contributed by atoms with Crippen LogP contribution in [0.25, 0.3) is 78.0 Å². The first-order valence-electron chi connectivity index (χ1n) is 31.0. The summed E-state index contributed by atoms with van der Waals surface area (Å²) in [5.41, 5.74) is 14.3. The van der Waals surface area contributed by atoms with Crippen molar-refractivity contribution in [3.8, 4) is 44.9 Å². The number of morpholine rings is 3. The standard InChI is InChI=1S/C70H63N17O6/c88-68(71-15-14-45-6-2-1-3-7-45)47-12-13-62(72-34-47)61-44-87(67-58(61)32-55(41-80-67)85-20-26-93-27-21-85)51-10-4-8-46(28-51)33-81-69(89)64-73-37-49(38-74-64)60-43-86(66-57(60)31-54(40-79-66)84-18-24-92-25-19-84)52-11-5-9-50(29-52)82-70(90)65-75-35-48(36-76-65)59-42-78-63-56(59)30-53(39-77-63)83-16-22-91-23-17-83/h1-13,28-32,34-44H,14-27,33H2,(H,71,88)(H,77,78)(H,81,89)(H,82,90). The van der Waals surface area contributed by atoms with Crippen LogP contribution in [-0.4, -0.2) is 157 Å². The van der Waals surface area contributed by atoms with Gasteiger partial charge in [0.1, 0.15) is 16.9 Å². The summed E-state index contributed by atoms with van der Waals surface area (Å²) in [5.74, 6) is -1.08. The summed E-state index contributed by atoms with van der Waals surface area (Å²) >= 11 is 0. The lowest BCUT2D eigenvalue weighted by Crippen LogP contribution is -2.36. The highest BCUT2D eigenvalue weighted by Gasteiger charge is 2.23. The first-order valence-corrected chi connectivity index (χ1v) is 31.0. The highest BCUT2D eigenvalue weighted by molar-refractivity contribution is 6.03. The zero-order chi connectivity index (χ0) is 62.6. The van der Waals surface area contributed by atoms with E-state index in [2.05, 4.69) is 78.8 Å². The fraction of sp³-hybridized carbons (Fsp3) is 0.214. The molecule has 0 atom stereocenters. The molecular formula is C70H63N17O6. The van der Waals surface area contributed by atoms with E-state index >= 15 is 0 Å². The molecule has 464 valence electrons. The topological polar surface area (TPSA) is 253 Å². The number of anilines is 4. The Morgan fingerprint density at radius 2 is 1.00 bits per heavy atom. The number of hydrogen-bond acceptors (Lipinski definition) is 17. The number of fused-ring (bicyclic) bond motifs is 3. The van der Waals surface area contributed by atoms with Crippen molar-refractivity contribution < 1.29 is 28.6 Å². The van der Waals surface area contributed by atoms with Crippen LogP contribution in [-0.2, 0) is 27.2 Å². The number of nitrogens with one attached hydrogen (secondary N) is 4. The summed E-state index contributed by atoms with van der Waals surface area (Å²) in [5, 5.41) is 11.7. The van der Waals surface area contributed by atoms with Crippen LogP contribution in [0.5, 0.6) is 0 Å². The number of rotatable bonds is 17. The van der Waals surface area contributed by atoms with Crippen LogP contribution in [0.15, 0.2) is 177 Å². The van der Waals surface area contributed by atoms with Gasteiger partial charge >= 0.3 is 0 Å². The predicted molar refractivity (Wildman–Crippen MR) is 354 cm³/mol. The molecule has 0 bridgehead atoms. The molecule has 0 aliphatic carbocycles. The first-order chi connectivity index (χ1) is 45.8. The summed E-state index contributed by atoms with van der Waals surface area (Å²) in [6, 6.07) is 35.5. The second-order valence-corrected chi connectivity index (χ2v) is 22.9. The number of aromatic nitrogens is 11. The van der Waals surface area contributed by atoms with Crippen LogP contribution < -0.4 is 30.7 Å². The maximum atomic E-state index is 13.9. The third-order valence-corrected chi connectivity index (χ3v) is 17.1. The lowest BCUT2D eigenvalue weighted by molar-refractivity contribution is 0.0936. The smallest absolute Gasteiger partial charge is 0.293 e. The van der Waals surface area contributed by atoms with Gasteiger partial charge in [0.25, 0.3) is 17.7 Å². The van der Waals surface area contributed by atoms with Crippen molar-refractivity contribution in [2.24, 2.45) is 0 Å². The molecular weight excluding hydrogens is 1170 g/mol. The average Bonchev–Trinajstić information content (AvgIpc) is 1.67. The van der Waals surface area contributed by atoms with Crippen molar-refractivity contribution in [2.75, 3.05) is 105 Å². The zero-order valence-electron chi connectivity index (χ0n) is 50.6. The molecule has 23 heteroatoms. The molecule has 3 amide bonds. The summed E-state index contributed by atoms with van der Waals surface area (Å²) in [4.78, 5) is 88.6. The van der Waals surface area contributed by atoms with E-state index in [1.165, 1.54) is 0 Å². The molecule has 0 unspecified atom stereocenters. The van der Waals surface area contributed by atoms with Gasteiger partial charge in [0.15, 0.2) is 0 Å². The van der Waals surface area contributed by atoms with Gasteiger partial charge in [-0.1, -0.05) is 48.5 Å². The minimum Gasteiger partial charge on any atom is -0.378 e. The van der Waals surface area contributed by atoms with Gasteiger partial charge in [-0.05, 0) is 78.2 Å². The normalized spacial score (nSPS) is 14.4. The van der Waals surface area contributed by atoms with Crippen molar-refractivity contribution >= 4 is 73.6 Å². The number of carbonyl (C=O) groups is 3. The van der Waals surface area contributed by atoms with E-state index < -0.39 is 11.8 Å². The van der Waals surface area contributed by atoms with Gasteiger partial charge in [0, 0.05) is 163 Å². The Labute approximate surface area is 533 Å². The van der Waals surface area contributed by atoms with Gasteiger partial charge in [-0.3, -0.25) is 19.4 Å². The van der Waals surface area contributed by atoms with E-state index in [-0.39, 0.29) is 24.1 Å². The van der Waals surface area contributed by atoms with E-state index in [0.717, 1.165) is 135 Å². The number of aromatic amines is 1. The zero-order valence-corrected chi connectivity index (χ0v) is 50.6. The molecule has 3 saturated heterocycles. The number of amides is 3. The fourth-order valence-electron chi connectivity index (χ4n) is 12.2. The summed E-state index contributed by atoms with van der Waals surface area (Å²) < 4.78 is 20.9. The molecule has 12 aromatic rings. The number of ether oxygens (including phenoxy) is 3. The molecule has 3 aliphatic rings. The second-order valence-electron chi connectivity index (χ2n) is 22.9. The van der Waals surface area contributed by atoms with Crippen LogP contribution in [0.3, 0.4) is 0 Å². The van der Waals surface area contributed by atoms with Crippen molar-refractivity contribution in [1.82, 2.24) is 64.6 Å². The largest absolute Gasteiger partial charge is 0.378 e. The lowest BCUT2D eigenvalue weighted by atomic mass is 10.1. The van der Waals surface area contributed by atoms with E-state index in [1.807, 2.05) is 131 Å². The van der Waals surface area contributed by atoms with E-state index in [4.69, 9.17) is 29.2 Å². The third-order valence-electron chi connectivity index (χ3n) is 17.1. The average molecular weight is 1240 g/mol. The molecule has 3 fully saturated rings. The Morgan fingerprint density at radius 3 is 1.62 bits per heavy atom. The number of hydrogen-bond donors (Lipinski definition) is 4. The minimum atomic E-state index is -0.470. The maximum Gasteiger partial charge on any atom is 0.293 e. The van der Waals surface area contributed by atoms with Crippen LogP contribution in [0.4, 0.5) is 22.7 Å². The lowest BCUT2D eigenvalue weighted by Gasteiger charge is -2.28. The van der Waals surface area contributed by atoms with Gasteiger partial charge < -0.3 is 59.0 Å². The molecule has 4 N–H and O–H groups in total. The van der Waals surface area contributed by atoms with Gasteiger partial charge in [0.2, 0.25) is 11.6 Å². The SMILES string of the molecule is O=C(NCCc1ccccc1)c1ccc(-c2cn(-c3cccc(CNC(=O)c4ncc(-c5cn(-c6cccc(NC(=O)c7ncc(-c8c[nH]c9ncc(N%10CCOCC%10)cc89)cn7)c6)c6ncc(N7CCOCC7)cc56)cn4)c3)c3ncc(N4CCOCC4)cc23)nc1. The van der Waals surface area contributed by atoms with Gasteiger partial charge in [-0.15, -0.1) is 0 Å². The van der Waals surface area contributed by atoms with Crippen LogP contribution in [0.2, 0.25) is 0 Å². The van der Waals surface area contributed by atoms with E-state index in [0.29, 0.717) is 74.3 Å². The number of benzene rings is 3. The number of carbonyl (C=O) groups excluding carboxylic acids is 3. The Kier molecular flexibility index (Phi) is 16.2. The highest BCUT2D eigenvalue weighted by Crippen LogP contribution is 2.37. The molecule has 3 aliphatic heterocycles. The molecule has 93 heavy (non-hydrogen) atoms. The van der Waals surface area contributed by atoms with Crippen LogP contribution in [0, 0.1) is 0 Å². The Balaban J connectivity index is 0.649. The first kappa shape index (κ1) is 58.1. The van der Waals surface area contributed by atoms with Crippen molar-refractivity contribution in [2.45, 2.75) is 13.0 Å². The van der Waals surface area contributed by atoms with Gasteiger partial charge in [-0.25, -0.2) is 34.9 Å². The number of pyridine rings is 4. The minimum absolute atomic E-state index is 0.00525. The molecule has 15 rings (SSSR count). The molecule has 0 saturated carbocycles. The summed E-state index contributed by atoms with van der Waals surface area (Å²) in [7, 11) is 0. The van der Waals surface area contributed by atoms with Crippen LogP contribution >= 0.6 is 0 Å². The Hall–Kier alpha value is -11.3. The van der Waals surface area contributed by atoms with Crippen molar-refractivity contribution in [3.63, 3.8) is 0 Å². The molecule has 23 nitrogen and oxygen atoms in total. The van der Waals surface area contributed by atoms with Crippen molar-refractivity contribution in [1.29, 1.82) is 0 Å². The predicted octanol–water partition coefficient (Wildman–Crippen LogP) is 8.88. The summed E-state index contributed by atoms with van der Waals surface area (Å²) in [6.07, 6.45) is 20.4. The molecule has 12 heterocycles. The monoisotopic (exact) mass is 1240 g/mol. The van der Waals surface area contributed by atoms with Gasteiger partial charge in [-0.2, -0.15) is 0 Å². The number of nitrogens with zero attached hydrogens (tertiary/aromatic N) is 13. The highest BCUT2D eigenvalue weighted by atomic mass is 16.5. The molecule has 3 aromatic carbocycles.